The van der Waals surface area contributed by atoms with Crippen LogP contribution in [0.2, 0.25) is 0 Å². The maximum absolute atomic E-state index is 5.59. The molecule has 0 aromatic heterocycles. The molecule has 2 aliphatic rings. The Morgan fingerprint density at radius 1 is 1.17 bits per heavy atom. The highest BCUT2D eigenvalue weighted by Gasteiger charge is 2.34. The molecule has 0 spiro atoms. The van der Waals surface area contributed by atoms with Crippen molar-refractivity contribution in [2.75, 3.05) is 26.3 Å². The number of hydrogen-bond donors (Lipinski definition) is 1. The molecule has 0 aliphatic carbocycles. The molecule has 1 aromatic rings. The lowest BCUT2D eigenvalue weighted by Crippen LogP contribution is -2.38. The molecule has 3 rings (SSSR count). The fraction of sp³-hybridized carbons (Fsp3) is 0.625. The molecule has 2 saturated heterocycles. The topological polar surface area (TPSA) is 21.3 Å². The van der Waals surface area contributed by atoms with Crippen molar-refractivity contribution in [1.82, 2.24) is 5.32 Å². The predicted molar refractivity (Wildman–Crippen MR) is 73.8 cm³/mol. The first kappa shape index (κ1) is 12.2. The van der Waals surface area contributed by atoms with Gasteiger partial charge in [0, 0.05) is 19.8 Å². The van der Waals surface area contributed by atoms with Crippen molar-refractivity contribution >= 4 is 0 Å². The number of hydrogen-bond acceptors (Lipinski definition) is 2. The molecule has 98 valence electrons. The van der Waals surface area contributed by atoms with Crippen LogP contribution in [0.3, 0.4) is 0 Å². The molecule has 0 amide bonds. The number of nitrogens with one attached hydrogen (secondary N) is 1. The van der Waals surface area contributed by atoms with Crippen LogP contribution < -0.4 is 5.32 Å². The third-order valence-electron chi connectivity index (χ3n) is 4.61. The molecule has 2 nitrogen and oxygen atoms in total. The summed E-state index contributed by atoms with van der Waals surface area (Å²) < 4.78 is 5.59. The quantitative estimate of drug-likeness (QED) is 0.865. The van der Waals surface area contributed by atoms with Crippen LogP contribution in [0.25, 0.3) is 0 Å². The highest BCUT2D eigenvalue weighted by Crippen LogP contribution is 2.38. The molecule has 3 unspecified atom stereocenters. The molecule has 0 bridgehead atoms. The zero-order valence-electron chi connectivity index (χ0n) is 11.2. The molecule has 1 N–H and O–H groups in total. The van der Waals surface area contributed by atoms with Crippen molar-refractivity contribution < 1.29 is 4.74 Å². The van der Waals surface area contributed by atoms with Gasteiger partial charge in [-0.05, 0) is 49.6 Å². The van der Waals surface area contributed by atoms with Gasteiger partial charge in [0.05, 0.1) is 0 Å². The molecular formula is C16H23NO. The summed E-state index contributed by atoms with van der Waals surface area (Å²) in [6.45, 7) is 6.40. The van der Waals surface area contributed by atoms with Gasteiger partial charge in [-0.15, -0.1) is 0 Å². The fourth-order valence-corrected chi connectivity index (χ4v) is 3.51. The van der Waals surface area contributed by atoms with Crippen LogP contribution in [-0.2, 0) is 4.74 Å². The Balaban J connectivity index is 1.80. The predicted octanol–water partition coefficient (Wildman–Crippen LogP) is 2.72. The van der Waals surface area contributed by atoms with Gasteiger partial charge >= 0.3 is 0 Å². The van der Waals surface area contributed by atoms with Gasteiger partial charge < -0.3 is 10.1 Å². The summed E-state index contributed by atoms with van der Waals surface area (Å²) in [6, 6.07) is 9.11. The number of ether oxygens (including phenoxy) is 1. The highest BCUT2D eigenvalue weighted by atomic mass is 16.5. The second-order valence-corrected chi connectivity index (χ2v) is 5.80. The van der Waals surface area contributed by atoms with Crippen LogP contribution in [0.5, 0.6) is 0 Å². The third-order valence-corrected chi connectivity index (χ3v) is 4.61. The first-order chi connectivity index (χ1) is 8.84. The molecule has 2 heterocycles. The fourth-order valence-electron chi connectivity index (χ4n) is 3.51. The minimum atomic E-state index is 0.672. The summed E-state index contributed by atoms with van der Waals surface area (Å²) in [5.41, 5.74) is 2.85. The maximum atomic E-state index is 5.59. The lowest BCUT2D eigenvalue weighted by Gasteiger charge is -2.36. The summed E-state index contributed by atoms with van der Waals surface area (Å²) >= 11 is 0. The van der Waals surface area contributed by atoms with Crippen LogP contribution in [0, 0.1) is 18.8 Å². The minimum absolute atomic E-state index is 0.672. The molecular weight excluding hydrogens is 222 g/mol. The van der Waals surface area contributed by atoms with Crippen LogP contribution in [0.1, 0.15) is 29.9 Å². The van der Waals surface area contributed by atoms with Crippen LogP contribution in [0.4, 0.5) is 0 Å². The SMILES string of the molecule is Cc1ccc(C2CNCCC2C2CCOC2)cc1. The second-order valence-electron chi connectivity index (χ2n) is 5.80. The van der Waals surface area contributed by atoms with Crippen molar-refractivity contribution in [2.45, 2.75) is 25.7 Å². The van der Waals surface area contributed by atoms with Gasteiger partial charge in [-0.3, -0.25) is 0 Å². The van der Waals surface area contributed by atoms with Gasteiger partial charge in [-0.2, -0.15) is 0 Å². The molecule has 0 saturated carbocycles. The van der Waals surface area contributed by atoms with E-state index in [1.807, 2.05) is 0 Å². The van der Waals surface area contributed by atoms with E-state index in [2.05, 4.69) is 36.5 Å². The Morgan fingerprint density at radius 3 is 2.72 bits per heavy atom. The number of piperidine rings is 1. The van der Waals surface area contributed by atoms with E-state index < -0.39 is 0 Å². The van der Waals surface area contributed by atoms with Gasteiger partial charge in [-0.1, -0.05) is 29.8 Å². The summed E-state index contributed by atoms with van der Waals surface area (Å²) in [5.74, 6) is 2.25. The average Bonchev–Trinajstić information content (AvgIpc) is 2.93. The van der Waals surface area contributed by atoms with Gasteiger partial charge in [0.15, 0.2) is 0 Å². The van der Waals surface area contributed by atoms with Crippen molar-refractivity contribution in [1.29, 1.82) is 0 Å². The molecule has 2 aliphatic heterocycles. The van der Waals surface area contributed by atoms with E-state index in [1.54, 1.807) is 0 Å². The Labute approximate surface area is 110 Å². The number of rotatable bonds is 2. The van der Waals surface area contributed by atoms with Gasteiger partial charge in [0.25, 0.3) is 0 Å². The third kappa shape index (κ3) is 2.45. The van der Waals surface area contributed by atoms with Crippen LogP contribution >= 0.6 is 0 Å². The van der Waals surface area contributed by atoms with Crippen molar-refractivity contribution in [3.8, 4) is 0 Å². The minimum Gasteiger partial charge on any atom is -0.381 e. The number of benzene rings is 1. The van der Waals surface area contributed by atoms with Crippen LogP contribution in [0.15, 0.2) is 24.3 Å². The van der Waals surface area contributed by atoms with E-state index >= 15 is 0 Å². The Bertz CT molecular complexity index is 381. The first-order valence-electron chi connectivity index (χ1n) is 7.19. The van der Waals surface area contributed by atoms with Crippen molar-refractivity contribution in [2.24, 2.45) is 11.8 Å². The van der Waals surface area contributed by atoms with Crippen LogP contribution in [-0.4, -0.2) is 26.3 Å². The molecule has 2 fully saturated rings. The molecule has 18 heavy (non-hydrogen) atoms. The first-order valence-corrected chi connectivity index (χ1v) is 7.19. The lowest BCUT2D eigenvalue weighted by molar-refractivity contribution is 0.154. The van der Waals surface area contributed by atoms with E-state index in [9.17, 15) is 0 Å². The summed E-state index contributed by atoms with van der Waals surface area (Å²) in [7, 11) is 0. The Kier molecular flexibility index (Phi) is 3.67. The second kappa shape index (κ2) is 5.41. The molecule has 0 radical (unpaired) electrons. The summed E-state index contributed by atoms with van der Waals surface area (Å²) in [6.07, 6.45) is 2.56. The zero-order valence-corrected chi connectivity index (χ0v) is 11.2. The molecule has 3 atom stereocenters. The van der Waals surface area contributed by atoms with Gasteiger partial charge in [0.2, 0.25) is 0 Å². The smallest absolute Gasteiger partial charge is 0.0498 e. The molecule has 1 aromatic carbocycles. The van der Waals surface area contributed by atoms with Crippen molar-refractivity contribution in [3.05, 3.63) is 35.4 Å². The summed E-state index contributed by atoms with van der Waals surface area (Å²) in [4.78, 5) is 0. The zero-order chi connectivity index (χ0) is 12.4. The Hall–Kier alpha value is -0.860. The van der Waals surface area contributed by atoms with E-state index in [4.69, 9.17) is 4.74 Å². The monoisotopic (exact) mass is 245 g/mol. The summed E-state index contributed by atoms with van der Waals surface area (Å²) in [5, 5.41) is 3.56. The van der Waals surface area contributed by atoms with Gasteiger partial charge in [-0.25, -0.2) is 0 Å². The van der Waals surface area contributed by atoms with E-state index in [0.29, 0.717) is 5.92 Å². The van der Waals surface area contributed by atoms with E-state index in [0.717, 1.165) is 31.6 Å². The van der Waals surface area contributed by atoms with Crippen molar-refractivity contribution in [3.63, 3.8) is 0 Å². The maximum Gasteiger partial charge on any atom is 0.0498 e. The van der Waals surface area contributed by atoms with E-state index in [1.165, 1.54) is 30.5 Å². The Morgan fingerprint density at radius 2 is 2.00 bits per heavy atom. The lowest BCUT2D eigenvalue weighted by atomic mass is 9.74. The standard InChI is InChI=1S/C16H23NO/c1-12-2-4-13(5-3-12)16-10-17-8-6-15(16)14-7-9-18-11-14/h2-5,14-17H,6-11H2,1H3. The molecule has 2 heteroatoms. The highest BCUT2D eigenvalue weighted by molar-refractivity contribution is 5.26. The largest absolute Gasteiger partial charge is 0.381 e. The average molecular weight is 245 g/mol. The van der Waals surface area contributed by atoms with Gasteiger partial charge in [0.1, 0.15) is 0 Å². The normalized spacial score (nSPS) is 32.6. The number of aryl methyl sites for hydroxylation is 1. The van der Waals surface area contributed by atoms with E-state index in [-0.39, 0.29) is 0 Å².